The predicted octanol–water partition coefficient (Wildman–Crippen LogP) is 4.31. The van der Waals surface area contributed by atoms with E-state index >= 15 is 0 Å². The van der Waals surface area contributed by atoms with Crippen molar-refractivity contribution in [2.75, 3.05) is 0 Å². The average Bonchev–Trinajstić information content (AvgIpc) is 2.95. The summed E-state index contributed by atoms with van der Waals surface area (Å²) in [4.78, 5) is 9.01. The van der Waals surface area contributed by atoms with Gasteiger partial charge < -0.3 is 15.6 Å². The highest BCUT2D eigenvalue weighted by Gasteiger charge is 2.13. The zero-order valence-corrected chi connectivity index (χ0v) is 17.8. The lowest BCUT2D eigenvalue weighted by molar-refractivity contribution is 0.522. The predicted molar refractivity (Wildman–Crippen MR) is 114 cm³/mol. The van der Waals surface area contributed by atoms with Gasteiger partial charge in [0.15, 0.2) is 5.96 Å². The molecule has 1 aromatic carbocycles. The van der Waals surface area contributed by atoms with E-state index in [9.17, 15) is 0 Å². The normalized spacial score (nSPS) is 15.2. The van der Waals surface area contributed by atoms with Gasteiger partial charge in [-0.1, -0.05) is 29.3 Å². The van der Waals surface area contributed by atoms with Gasteiger partial charge in [0.2, 0.25) is 0 Å². The second kappa shape index (κ2) is 9.09. The Labute approximate surface area is 175 Å². The number of nitrogens with zero attached hydrogens (tertiary/aromatic N) is 3. The number of fused-ring (bicyclic) bond motifs is 1. The molecule has 0 saturated carbocycles. The maximum Gasteiger partial charge on any atom is 0.189 e. The van der Waals surface area contributed by atoms with Gasteiger partial charge in [-0.05, 0) is 37.5 Å². The first-order valence-corrected chi connectivity index (χ1v) is 8.85. The van der Waals surface area contributed by atoms with Crippen molar-refractivity contribution in [3.05, 3.63) is 51.5 Å². The van der Waals surface area contributed by atoms with Crippen LogP contribution in [-0.2, 0) is 19.5 Å². The summed E-state index contributed by atoms with van der Waals surface area (Å²) in [6, 6.07) is 5.36. The molecule has 0 radical (unpaired) electrons. The molecule has 0 bridgehead atoms. The number of hydrogen-bond donors (Lipinski definition) is 2. The van der Waals surface area contributed by atoms with Gasteiger partial charge in [0.25, 0.3) is 0 Å². The highest BCUT2D eigenvalue weighted by molar-refractivity contribution is 14.0. The zero-order valence-electron chi connectivity index (χ0n) is 14.0. The van der Waals surface area contributed by atoms with Crippen molar-refractivity contribution in [1.82, 2.24) is 14.9 Å². The molecule has 25 heavy (non-hydrogen) atoms. The van der Waals surface area contributed by atoms with Gasteiger partial charge in [-0.25, -0.2) is 9.98 Å². The molecule has 3 N–H and O–H groups in total. The molecule has 1 aliphatic rings. The third kappa shape index (κ3) is 5.24. The van der Waals surface area contributed by atoms with Crippen molar-refractivity contribution < 1.29 is 0 Å². The zero-order chi connectivity index (χ0) is 17.1. The van der Waals surface area contributed by atoms with Gasteiger partial charge in [0, 0.05) is 29.2 Å². The molecule has 0 spiro atoms. The van der Waals surface area contributed by atoms with E-state index in [2.05, 4.69) is 26.1 Å². The van der Waals surface area contributed by atoms with Gasteiger partial charge >= 0.3 is 0 Å². The van der Waals surface area contributed by atoms with Crippen molar-refractivity contribution in [2.24, 2.45) is 10.7 Å². The average molecular weight is 494 g/mol. The van der Waals surface area contributed by atoms with Crippen molar-refractivity contribution in [3.8, 4) is 0 Å². The van der Waals surface area contributed by atoms with Gasteiger partial charge in [-0.15, -0.1) is 24.0 Å². The van der Waals surface area contributed by atoms with E-state index < -0.39 is 0 Å². The standard InChI is InChI=1S/C17H21Cl2N5.HI/c1-11(14-6-5-12(18)8-15(14)19)22-17(20)21-9-13-10-24-7-3-2-4-16(24)23-13;/h5-6,8,10-11H,2-4,7,9H2,1H3,(H3,20,21,22);1H. The number of imidazole rings is 1. The monoisotopic (exact) mass is 493 g/mol. The molecule has 0 saturated heterocycles. The molecule has 0 aliphatic carbocycles. The smallest absolute Gasteiger partial charge is 0.189 e. The number of guanidine groups is 1. The van der Waals surface area contributed by atoms with E-state index in [1.54, 1.807) is 6.07 Å². The molecule has 1 atom stereocenters. The summed E-state index contributed by atoms with van der Waals surface area (Å²) >= 11 is 12.1. The van der Waals surface area contributed by atoms with E-state index in [0.717, 1.165) is 30.0 Å². The molecule has 8 heteroatoms. The minimum Gasteiger partial charge on any atom is -0.370 e. The van der Waals surface area contributed by atoms with Crippen molar-refractivity contribution >= 4 is 53.1 Å². The molecule has 2 aromatic rings. The lowest BCUT2D eigenvalue weighted by atomic mass is 10.1. The highest BCUT2D eigenvalue weighted by atomic mass is 127. The topological polar surface area (TPSA) is 68.2 Å². The van der Waals surface area contributed by atoms with Crippen LogP contribution < -0.4 is 11.1 Å². The fourth-order valence-corrected chi connectivity index (χ4v) is 3.48. The number of halogens is 3. The van der Waals surface area contributed by atoms with E-state index in [0.29, 0.717) is 22.5 Å². The Kier molecular flexibility index (Phi) is 7.39. The van der Waals surface area contributed by atoms with Gasteiger partial charge in [0.05, 0.1) is 18.3 Å². The molecule has 1 aliphatic heterocycles. The van der Waals surface area contributed by atoms with Crippen molar-refractivity contribution in [1.29, 1.82) is 0 Å². The molecule has 0 fully saturated rings. The first kappa shape index (κ1) is 20.3. The third-order valence-electron chi connectivity index (χ3n) is 4.16. The van der Waals surface area contributed by atoms with Crippen molar-refractivity contribution in [3.63, 3.8) is 0 Å². The summed E-state index contributed by atoms with van der Waals surface area (Å²) < 4.78 is 2.22. The molecular formula is C17H22Cl2IN5. The van der Waals surface area contributed by atoms with Crippen LogP contribution in [0.4, 0.5) is 0 Å². The Hall–Kier alpha value is -0.990. The Morgan fingerprint density at radius 1 is 1.40 bits per heavy atom. The Morgan fingerprint density at radius 2 is 2.20 bits per heavy atom. The second-order valence-corrected chi connectivity index (χ2v) is 6.88. The highest BCUT2D eigenvalue weighted by Crippen LogP contribution is 2.26. The van der Waals surface area contributed by atoms with Crippen LogP contribution in [0.2, 0.25) is 10.0 Å². The fourth-order valence-electron chi connectivity index (χ4n) is 2.91. The van der Waals surface area contributed by atoms with Crippen LogP contribution in [-0.4, -0.2) is 15.5 Å². The summed E-state index contributed by atoms with van der Waals surface area (Å²) in [5.41, 5.74) is 7.88. The Balaban J connectivity index is 0.00000225. The van der Waals surface area contributed by atoms with Crippen LogP contribution in [0.3, 0.4) is 0 Å². The number of nitrogens with one attached hydrogen (secondary N) is 1. The number of aromatic nitrogens is 2. The van der Waals surface area contributed by atoms with Gasteiger partial charge in [-0.3, -0.25) is 0 Å². The van der Waals surface area contributed by atoms with Crippen molar-refractivity contribution in [2.45, 2.75) is 45.3 Å². The van der Waals surface area contributed by atoms with Crippen LogP contribution in [0.5, 0.6) is 0 Å². The van der Waals surface area contributed by atoms with Crippen LogP contribution in [0.25, 0.3) is 0 Å². The van der Waals surface area contributed by atoms with E-state index in [4.69, 9.17) is 28.9 Å². The molecule has 5 nitrogen and oxygen atoms in total. The third-order valence-corrected chi connectivity index (χ3v) is 4.73. The van der Waals surface area contributed by atoms with E-state index in [-0.39, 0.29) is 30.0 Å². The summed E-state index contributed by atoms with van der Waals surface area (Å²) in [5.74, 6) is 1.53. The second-order valence-electron chi connectivity index (χ2n) is 6.03. The number of aryl methyl sites for hydroxylation is 2. The quantitative estimate of drug-likeness (QED) is 0.379. The SMILES string of the molecule is CC(NC(N)=NCc1cn2c(n1)CCCC2)c1ccc(Cl)cc1Cl.I. The largest absolute Gasteiger partial charge is 0.370 e. The summed E-state index contributed by atoms with van der Waals surface area (Å²) in [5, 5.41) is 4.37. The molecule has 3 rings (SSSR count). The minimum absolute atomic E-state index is 0. The molecule has 0 amide bonds. The molecule has 1 unspecified atom stereocenters. The summed E-state index contributed by atoms with van der Waals surface area (Å²) in [6.07, 6.45) is 5.55. The Morgan fingerprint density at radius 3 is 2.92 bits per heavy atom. The number of hydrogen-bond acceptors (Lipinski definition) is 2. The molecular weight excluding hydrogens is 472 g/mol. The first-order valence-electron chi connectivity index (χ1n) is 8.09. The maximum absolute atomic E-state index is 6.22. The molecule has 1 aromatic heterocycles. The fraction of sp³-hybridized carbons (Fsp3) is 0.412. The number of rotatable bonds is 4. The molecule has 2 heterocycles. The Bertz CT molecular complexity index is 736. The van der Waals surface area contributed by atoms with Crippen LogP contribution in [0.1, 0.15) is 42.9 Å². The number of aliphatic imine (C=N–C) groups is 1. The summed E-state index contributed by atoms with van der Waals surface area (Å²) in [7, 11) is 0. The van der Waals surface area contributed by atoms with E-state index in [1.807, 2.05) is 19.1 Å². The molecule has 136 valence electrons. The lowest BCUT2D eigenvalue weighted by Crippen LogP contribution is -2.34. The maximum atomic E-state index is 6.22. The van der Waals surface area contributed by atoms with Gasteiger partial charge in [0.1, 0.15) is 5.82 Å². The van der Waals surface area contributed by atoms with Gasteiger partial charge in [-0.2, -0.15) is 0 Å². The summed E-state index contributed by atoms with van der Waals surface area (Å²) in [6.45, 7) is 3.50. The van der Waals surface area contributed by atoms with Crippen LogP contribution in [0, 0.1) is 0 Å². The minimum atomic E-state index is -0.0614. The van der Waals surface area contributed by atoms with Crippen LogP contribution >= 0.6 is 47.2 Å². The lowest BCUT2D eigenvalue weighted by Gasteiger charge is -2.16. The number of benzene rings is 1. The first-order chi connectivity index (χ1) is 11.5. The number of nitrogens with two attached hydrogens (primary N) is 1. The van der Waals surface area contributed by atoms with Crippen LogP contribution in [0.15, 0.2) is 29.4 Å². The van der Waals surface area contributed by atoms with E-state index in [1.165, 1.54) is 12.8 Å².